The Morgan fingerprint density at radius 3 is 2.72 bits per heavy atom. The molecular formula is C15H23N3. The van der Waals surface area contributed by atoms with E-state index in [-0.39, 0.29) is 0 Å². The van der Waals surface area contributed by atoms with E-state index in [4.69, 9.17) is 0 Å². The van der Waals surface area contributed by atoms with E-state index in [0.717, 1.165) is 11.8 Å². The molecule has 3 rings (SSSR count). The Kier molecular flexibility index (Phi) is 3.25. The van der Waals surface area contributed by atoms with E-state index in [1.54, 1.807) is 0 Å². The summed E-state index contributed by atoms with van der Waals surface area (Å²) in [5.41, 5.74) is 1.33. The van der Waals surface area contributed by atoms with Crippen molar-refractivity contribution in [3.8, 4) is 0 Å². The standard InChI is InChI=1S/C15H23N3/c1-11(16-2)14-7-4-8-17-15(14)18-9-12-5-3-6-13(12)10-18/h4,7-8,11-13,16H,3,5-6,9-10H2,1-2H3. The van der Waals surface area contributed by atoms with Gasteiger partial charge in [0.2, 0.25) is 0 Å². The third-order valence-corrected chi connectivity index (χ3v) is 4.74. The van der Waals surface area contributed by atoms with E-state index < -0.39 is 0 Å². The summed E-state index contributed by atoms with van der Waals surface area (Å²) in [5.74, 6) is 3.04. The molecule has 3 heteroatoms. The maximum Gasteiger partial charge on any atom is 0.133 e. The molecule has 3 unspecified atom stereocenters. The molecule has 18 heavy (non-hydrogen) atoms. The molecule has 3 atom stereocenters. The molecule has 98 valence electrons. The fourth-order valence-electron chi connectivity index (χ4n) is 3.58. The Morgan fingerprint density at radius 2 is 2.06 bits per heavy atom. The Hall–Kier alpha value is -1.09. The molecule has 2 aliphatic rings. The van der Waals surface area contributed by atoms with Gasteiger partial charge in [0.05, 0.1) is 0 Å². The van der Waals surface area contributed by atoms with Gasteiger partial charge in [-0.2, -0.15) is 0 Å². The lowest BCUT2D eigenvalue weighted by atomic mass is 10.0. The number of nitrogens with one attached hydrogen (secondary N) is 1. The highest BCUT2D eigenvalue weighted by molar-refractivity contribution is 5.49. The van der Waals surface area contributed by atoms with Crippen molar-refractivity contribution in [2.45, 2.75) is 32.2 Å². The highest BCUT2D eigenvalue weighted by atomic mass is 15.2. The van der Waals surface area contributed by atoms with Crippen LogP contribution in [-0.2, 0) is 0 Å². The maximum absolute atomic E-state index is 4.64. The lowest BCUT2D eigenvalue weighted by Crippen LogP contribution is -2.25. The molecule has 0 aromatic carbocycles. The first-order chi connectivity index (χ1) is 8.79. The zero-order valence-electron chi connectivity index (χ0n) is 11.4. The second-order valence-corrected chi connectivity index (χ2v) is 5.78. The van der Waals surface area contributed by atoms with Crippen molar-refractivity contribution in [3.63, 3.8) is 0 Å². The van der Waals surface area contributed by atoms with E-state index >= 15 is 0 Å². The van der Waals surface area contributed by atoms with Crippen LogP contribution >= 0.6 is 0 Å². The SMILES string of the molecule is CNC(C)c1cccnc1N1CC2CCCC2C1. The van der Waals surface area contributed by atoms with Gasteiger partial charge in [0, 0.05) is 30.9 Å². The van der Waals surface area contributed by atoms with Gasteiger partial charge in [-0.3, -0.25) is 0 Å². The van der Waals surface area contributed by atoms with Crippen LogP contribution in [0.3, 0.4) is 0 Å². The summed E-state index contributed by atoms with van der Waals surface area (Å²) in [6, 6.07) is 4.62. The third-order valence-electron chi connectivity index (χ3n) is 4.74. The maximum atomic E-state index is 4.64. The summed E-state index contributed by atoms with van der Waals surface area (Å²) in [4.78, 5) is 7.15. The predicted octanol–water partition coefficient (Wildman–Crippen LogP) is 2.60. The highest BCUT2D eigenvalue weighted by Crippen LogP contribution is 2.40. The molecule has 0 spiro atoms. The lowest BCUT2D eigenvalue weighted by molar-refractivity contribution is 0.494. The fourth-order valence-corrected chi connectivity index (χ4v) is 3.58. The number of aromatic nitrogens is 1. The summed E-state index contributed by atoms with van der Waals surface area (Å²) in [6.07, 6.45) is 6.20. The van der Waals surface area contributed by atoms with Crippen molar-refractivity contribution >= 4 is 5.82 Å². The molecule has 2 heterocycles. The van der Waals surface area contributed by atoms with Crippen molar-refractivity contribution < 1.29 is 0 Å². The molecule has 1 aliphatic heterocycles. The molecule has 1 aromatic heterocycles. The minimum absolute atomic E-state index is 0.370. The highest BCUT2D eigenvalue weighted by Gasteiger charge is 2.37. The molecule has 2 fully saturated rings. The number of anilines is 1. The minimum atomic E-state index is 0.370. The summed E-state index contributed by atoms with van der Waals surface area (Å²) < 4.78 is 0. The van der Waals surface area contributed by atoms with E-state index in [1.807, 2.05) is 19.3 Å². The van der Waals surface area contributed by atoms with Crippen LogP contribution in [0.4, 0.5) is 5.82 Å². The van der Waals surface area contributed by atoms with Gasteiger partial charge < -0.3 is 10.2 Å². The molecular weight excluding hydrogens is 222 g/mol. The van der Waals surface area contributed by atoms with Crippen LogP contribution in [0.15, 0.2) is 18.3 Å². The van der Waals surface area contributed by atoms with E-state index in [0.29, 0.717) is 6.04 Å². The van der Waals surface area contributed by atoms with Crippen LogP contribution < -0.4 is 10.2 Å². The molecule has 0 radical (unpaired) electrons. The van der Waals surface area contributed by atoms with Crippen molar-refractivity contribution in [2.24, 2.45) is 11.8 Å². The smallest absolute Gasteiger partial charge is 0.133 e. The second kappa shape index (κ2) is 4.88. The normalized spacial score (nSPS) is 28.4. The number of hydrogen-bond acceptors (Lipinski definition) is 3. The summed E-state index contributed by atoms with van der Waals surface area (Å²) >= 11 is 0. The summed E-state index contributed by atoms with van der Waals surface area (Å²) in [5, 5.41) is 3.33. The lowest BCUT2D eigenvalue weighted by Gasteiger charge is -2.24. The molecule has 0 bridgehead atoms. The molecule has 1 aliphatic carbocycles. The van der Waals surface area contributed by atoms with Gasteiger partial charge in [-0.15, -0.1) is 0 Å². The molecule has 1 N–H and O–H groups in total. The Bertz CT molecular complexity index is 406. The zero-order valence-corrected chi connectivity index (χ0v) is 11.4. The number of nitrogens with zero attached hydrogens (tertiary/aromatic N) is 2. The molecule has 3 nitrogen and oxygen atoms in total. The Labute approximate surface area is 110 Å². The average Bonchev–Trinajstić information content (AvgIpc) is 2.98. The monoisotopic (exact) mass is 245 g/mol. The molecule has 1 saturated carbocycles. The average molecular weight is 245 g/mol. The number of pyridine rings is 1. The third kappa shape index (κ3) is 2.01. The van der Waals surface area contributed by atoms with Gasteiger partial charge in [-0.1, -0.05) is 12.5 Å². The van der Waals surface area contributed by atoms with Gasteiger partial charge in [0.25, 0.3) is 0 Å². The largest absolute Gasteiger partial charge is 0.356 e. The van der Waals surface area contributed by atoms with Gasteiger partial charge in [-0.25, -0.2) is 4.98 Å². The van der Waals surface area contributed by atoms with Crippen molar-refractivity contribution in [3.05, 3.63) is 23.9 Å². The quantitative estimate of drug-likeness (QED) is 0.887. The first kappa shape index (κ1) is 12.0. The molecule has 1 aromatic rings. The summed E-state index contributed by atoms with van der Waals surface area (Å²) in [7, 11) is 2.01. The van der Waals surface area contributed by atoms with Crippen molar-refractivity contribution in [1.29, 1.82) is 0 Å². The topological polar surface area (TPSA) is 28.2 Å². The fraction of sp³-hybridized carbons (Fsp3) is 0.667. The zero-order chi connectivity index (χ0) is 12.5. The molecule has 1 saturated heterocycles. The second-order valence-electron chi connectivity index (χ2n) is 5.78. The first-order valence-corrected chi connectivity index (χ1v) is 7.16. The number of fused-ring (bicyclic) bond motifs is 1. The molecule has 0 amide bonds. The van der Waals surface area contributed by atoms with Gasteiger partial charge in [0.15, 0.2) is 0 Å². The van der Waals surface area contributed by atoms with Crippen LogP contribution in [0.2, 0.25) is 0 Å². The van der Waals surface area contributed by atoms with Gasteiger partial charge in [-0.05, 0) is 44.7 Å². The minimum Gasteiger partial charge on any atom is -0.356 e. The first-order valence-electron chi connectivity index (χ1n) is 7.16. The van der Waals surface area contributed by atoms with Crippen LogP contribution in [-0.4, -0.2) is 25.1 Å². The summed E-state index contributed by atoms with van der Waals surface area (Å²) in [6.45, 7) is 4.63. The van der Waals surface area contributed by atoms with E-state index in [2.05, 4.69) is 28.2 Å². The Morgan fingerprint density at radius 1 is 1.33 bits per heavy atom. The van der Waals surface area contributed by atoms with Gasteiger partial charge >= 0.3 is 0 Å². The van der Waals surface area contributed by atoms with Crippen LogP contribution in [0, 0.1) is 11.8 Å². The van der Waals surface area contributed by atoms with Crippen molar-refractivity contribution in [1.82, 2.24) is 10.3 Å². The van der Waals surface area contributed by atoms with E-state index in [1.165, 1.54) is 43.7 Å². The number of rotatable bonds is 3. The Balaban J connectivity index is 1.84. The van der Waals surface area contributed by atoms with E-state index in [9.17, 15) is 0 Å². The van der Waals surface area contributed by atoms with Crippen molar-refractivity contribution in [2.75, 3.05) is 25.0 Å². The van der Waals surface area contributed by atoms with Crippen LogP contribution in [0.1, 0.15) is 37.8 Å². The predicted molar refractivity (Wildman–Crippen MR) is 74.8 cm³/mol. The van der Waals surface area contributed by atoms with Crippen LogP contribution in [0.25, 0.3) is 0 Å². The van der Waals surface area contributed by atoms with Gasteiger partial charge in [0.1, 0.15) is 5.82 Å². The number of hydrogen-bond donors (Lipinski definition) is 1. The van der Waals surface area contributed by atoms with Crippen LogP contribution in [0.5, 0.6) is 0 Å².